The first-order valence-electron chi connectivity index (χ1n) is 7.70. The van der Waals surface area contributed by atoms with E-state index in [9.17, 15) is 14.7 Å². The minimum atomic E-state index is -0.0478. The molecule has 0 aliphatic carbocycles. The van der Waals surface area contributed by atoms with Gasteiger partial charge in [-0.1, -0.05) is 11.6 Å². The number of likely N-dealkylation sites (tertiary alicyclic amines) is 1. The topological polar surface area (TPSA) is 57.6 Å². The quantitative estimate of drug-likeness (QED) is 0.848. The fourth-order valence-electron chi connectivity index (χ4n) is 2.82. The molecule has 2 rings (SSSR count). The molecule has 1 fully saturated rings. The standard InChI is InChI=1S/C17H22ClNO3/c1-12-2-3-13(11-20)10-19(12)17(22)9-8-16(21)14-4-6-15(18)7-5-14/h4-7,12-13,20H,2-3,8-11H2,1H3. The first-order valence-corrected chi connectivity index (χ1v) is 8.08. The van der Waals surface area contributed by atoms with Gasteiger partial charge < -0.3 is 10.0 Å². The number of Topliss-reactive ketones (excluding diaryl/α,β-unsaturated/α-hetero) is 1. The Hall–Kier alpha value is -1.39. The maximum absolute atomic E-state index is 12.3. The molecular formula is C17H22ClNO3. The lowest BCUT2D eigenvalue weighted by atomic mass is 9.93. The number of ketones is 1. The molecule has 22 heavy (non-hydrogen) atoms. The van der Waals surface area contributed by atoms with Gasteiger partial charge in [-0.15, -0.1) is 0 Å². The van der Waals surface area contributed by atoms with Crippen molar-refractivity contribution in [2.24, 2.45) is 5.92 Å². The molecule has 1 amide bonds. The summed E-state index contributed by atoms with van der Waals surface area (Å²) in [7, 11) is 0. The summed E-state index contributed by atoms with van der Waals surface area (Å²) in [6.45, 7) is 2.72. The van der Waals surface area contributed by atoms with E-state index in [1.807, 2.05) is 6.92 Å². The molecule has 1 aromatic rings. The van der Waals surface area contributed by atoms with Gasteiger partial charge in [-0.2, -0.15) is 0 Å². The second-order valence-electron chi connectivity index (χ2n) is 5.95. The smallest absolute Gasteiger partial charge is 0.223 e. The molecule has 0 saturated carbocycles. The first-order chi connectivity index (χ1) is 10.5. The Morgan fingerprint density at radius 2 is 1.91 bits per heavy atom. The van der Waals surface area contributed by atoms with Gasteiger partial charge in [-0.05, 0) is 49.9 Å². The van der Waals surface area contributed by atoms with Gasteiger partial charge in [0.05, 0.1) is 0 Å². The van der Waals surface area contributed by atoms with Crippen LogP contribution >= 0.6 is 11.6 Å². The van der Waals surface area contributed by atoms with Gasteiger partial charge in [0.2, 0.25) is 5.91 Å². The molecule has 4 nitrogen and oxygen atoms in total. The number of carbonyl (C=O) groups excluding carboxylic acids is 2. The Labute approximate surface area is 136 Å². The Bertz CT molecular complexity index is 529. The van der Waals surface area contributed by atoms with E-state index in [4.69, 9.17) is 11.6 Å². The number of benzene rings is 1. The predicted molar refractivity (Wildman–Crippen MR) is 86.0 cm³/mol. The summed E-state index contributed by atoms with van der Waals surface area (Å²) in [5, 5.41) is 9.85. The van der Waals surface area contributed by atoms with Crippen LogP contribution in [0.2, 0.25) is 5.02 Å². The van der Waals surface area contributed by atoms with Crippen LogP contribution in [0.3, 0.4) is 0 Å². The Balaban J connectivity index is 1.88. The predicted octanol–water partition coefficient (Wildman–Crippen LogP) is 2.92. The summed E-state index contributed by atoms with van der Waals surface area (Å²) < 4.78 is 0. The molecule has 1 aliphatic heterocycles. The van der Waals surface area contributed by atoms with Gasteiger partial charge in [0, 0.05) is 42.6 Å². The van der Waals surface area contributed by atoms with E-state index < -0.39 is 0 Å². The SMILES string of the molecule is CC1CCC(CO)CN1C(=O)CCC(=O)c1ccc(Cl)cc1. The summed E-state index contributed by atoms with van der Waals surface area (Å²) in [6, 6.07) is 6.89. The molecule has 1 aliphatic rings. The molecule has 1 saturated heterocycles. The maximum atomic E-state index is 12.3. The summed E-state index contributed by atoms with van der Waals surface area (Å²) >= 11 is 5.80. The number of halogens is 1. The van der Waals surface area contributed by atoms with E-state index in [0.717, 1.165) is 12.8 Å². The van der Waals surface area contributed by atoms with Gasteiger partial charge in [0.15, 0.2) is 5.78 Å². The van der Waals surface area contributed by atoms with Crippen molar-refractivity contribution in [3.8, 4) is 0 Å². The number of aliphatic hydroxyl groups excluding tert-OH is 1. The van der Waals surface area contributed by atoms with Gasteiger partial charge in [0.25, 0.3) is 0 Å². The zero-order valence-electron chi connectivity index (χ0n) is 12.8. The molecule has 1 aromatic carbocycles. The first kappa shape index (κ1) is 17.0. The highest BCUT2D eigenvalue weighted by atomic mass is 35.5. The van der Waals surface area contributed by atoms with E-state index in [1.165, 1.54) is 0 Å². The molecule has 5 heteroatoms. The Morgan fingerprint density at radius 3 is 2.55 bits per heavy atom. The molecule has 0 radical (unpaired) electrons. The lowest BCUT2D eigenvalue weighted by Gasteiger charge is -2.37. The zero-order chi connectivity index (χ0) is 16.1. The van der Waals surface area contributed by atoms with Crippen LogP contribution in [0.5, 0.6) is 0 Å². The van der Waals surface area contributed by atoms with Crippen molar-refractivity contribution in [3.05, 3.63) is 34.9 Å². The number of hydrogen-bond donors (Lipinski definition) is 1. The van der Waals surface area contributed by atoms with Crippen LogP contribution in [0.15, 0.2) is 24.3 Å². The third-order valence-corrected chi connectivity index (χ3v) is 4.54. The van der Waals surface area contributed by atoms with Crippen molar-refractivity contribution in [1.82, 2.24) is 4.90 Å². The zero-order valence-corrected chi connectivity index (χ0v) is 13.6. The lowest BCUT2D eigenvalue weighted by molar-refractivity contribution is -0.135. The van der Waals surface area contributed by atoms with Crippen LogP contribution in [0.1, 0.15) is 43.0 Å². The maximum Gasteiger partial charge on any atom is 0.223 e. The average Bonchev–Trinajstić information content (AvgIpc) is 2.53. The molecule has 1 N–H and O–H groups in total. The average molecular weight is 324 g/mol. The van der Waals surface area contributed by atoms with Crippen LogP contribution < -0.4 is 0 Å². The number of aliphatic hydroxyl groups is 1. The van der Waals surface area contributed by atoms with Crippen LogP contribution in [-0.4, -0.2) is 40.9 Å². The van der Waals surface area contributed by atoms with Crippen molar-refractivity contribution in [2.75, 3.05) is 13.2 Å². The van der Waals surface area contributed by atoms with Gasteiger partial charge in [0.1, 0.15) is 0 Å². The number of hydrogen-bond acceptors (Lipinski definition) is 3. The fraction of sp³-hybridized carbons (Fsp3) is 0.529. The Morgan fingerprint density at radius 1 is 1.23 bits per heavy atom. The second-order valence-corrected chi connectivity index (χ2v) is 6.39. The second kappa shape index (κ2) is 7.75. The van der Waals surface area contributed by atoms with E-state index in [1.54, 1.807) is 29.2 Å². The van der Waals surface area contributed by atoms with Crippen LogP contribution in [0, 0.1) is 5.92 Å². The molecule has 120 valence electrons. The Kier molecular flexibility index (Phi) is 5.98. The number of carbonyl (C=O) groups is 2. The van der Waals surface area contributed by atoms with Gasteiger partial charge in [-0.25, -0.2) is 0 Å². The van der Waals surface area contributed by atoms with E-state index >= 15 is 0 Å². The molecule has 0 aromatic heterocycles. The number of rotatable bonds is 5. The van der Waals surface area contributed by atoms with Gasteiger partial charge >= 0.3 is 0 Å². The summed E-state index contributed by atoms with van der Waals surface area (Å²) in [4.78, 5) is 26.2. The highest BCUT2D eigenvalue weighted by Gasteiger charge is 2.28. The number of piperidine rings is 1. The summed E-state index contributed by atoms with van der Waals surface area (Å²) in [5.41, 5.74) is 0.581. The number of amides is 1. The molecule has 2 atom stereocenters. The van der Waals surface area contributed by atoms with Crippen LogP contribution in [0.25, 0.3) is 0 Å². The minimum Gasteiger partial charge on any atom is -0.396 e. The largest absolute Gasteiger partial charge is 0.396 e. The minimum absolute atomic E-state index is 0.00652. The molecular weight excluding hydrogens is 302 g/mol. The third-order valence-electron chi connectivity index (χ3n) is 4.29. The number of nitrogens with zero attached hydrogens (tertiary/aromatic N) is 1. The molecule has 2 unspecified atom stereocenters. The highest BCUT2D eigenvalue weighted by molar-refractivity contribution is 6.30. The summed E-state index contributed by atoms with van der Waals surface area (Å²) in [6.07, 6.45) is 2.27. The molecule has 0 spiro atoms. The lowest BCUT2D eigenvalue weighted by Crippen LogP contribution is -2.46. The van der Waals surface area contributed by atoms with Crippen molar-refractivity contribution in [2.45, 2.75) is 38.6 Å². The normalized spacial score (nSPS) is 21.7. The third kappa shape index (κ3) is 4.31. The summed E-state index contributed by atoms with van der Waals surface area (Å²) in [5.74, 6) is 0.105. The highest BCUT2D eigenvalue weighted by Crippen LogP contribution is 2.22. The fourth-order valence-corrected chi connectivity index (χ4v) is 2.95. The van der Waals surface area contributed by atoms with E-state index in [2.05, 4.69) is 0 Å². The van der Waals surface area contributed by atoms with Crippen molar-refractivity contribution in [3.63, 3.8) is 0 Å². The van der Waals surface area contributed by atoms with E-state index in [0.29, 0.717) is 17.1 Å². The van der Waals surface area contributed by atoms with E-state index in [-0.39, 0.29) is 43.1 Å². The monoisotopic (exact) mass is 323 g/mol. The van der Waals surface area contributed by atoms with Crippen LogP contribution in [-0.2, 0) is 4.79 Å². The van der Waals surface area contributed by atoms with Crippen LogP contribution in [0.4, 0.5) is 0 Å². The van der Waals surface area contributed by atoms with Crippen molar-refractivity contribution < 1.29 is 14.7 Å². The molecule has 1 heterocycles. The van der Waals surface area contributed by atoms with Crippen molar-refractivity contribution >= 4 is 23.3 Å². The molecule has 0 bridgehead atoms. The van der Waals surface area contributed by atoms with Gasteiger partial charge in [-0.3, -0.25) is 9.59 Å². The van der Waals surface area contributed by atoms with Crippen molar-refractivity contribution in [1.29, 1.82) is 0 Å².